The molecule has 0 bridgehead atoms. The largest absolute Gasteiger partial charge is 0.321 e. The van der Waals surface area contributed by atoms with Crippen LogP contribution < -0.4 is 10.2 Å². The van der Waals surface area contributed by atoms with Crippen molar-refractivity contribution in [1.29, 1.82) is 0 Å². The maximum atomic E-state index is 12.6. The van der Waals surface area contributed by atoms with Gasteiger partial charge >= 0.3 is 0 Å². The lowest BCUT2D eigenvalue weighted by Crippen LogP contribution is -2.11. The Kier molecular flexibility index (Phi) is 5.27. The number of amides is 1. The van der Waals surface area contributed by atoms with Crippen molar-refractivity contribution in [3.05, 3.63) is 69.1 Å². The fraction of sp³-hybridized carbons (Fsp3) is 0.111. The van der Waals surface area contributed by atoms with Crippen molar-refractivity contribution >= 4 is 57.0 Å². The molecule has 7 heteroatoms. The Morgan fingerprint density at radius 3 is 2.56 bits per heavy atom. The first-order chi connectivity index (χ1) is 12.0. The van der Waals surface area contributed by atoms with Crippen LogP contribution in [0.4, 0.5) is 16.5 Å². The van der Waals surface area contributed by atoms with Gasteiger partial charge in [-0.3, -0.25) is 4.79 Å². The maximum absolute atomic E-state index is 12.6. The van der Waals surface area contributed by atoms with Crippen molar-refractivity contribution < 1.29 is 4.79 Å². The summed E-state index contributed by atoms with van der Waals surface area (Å²) < 4.78 is 0. The van der Waals surface area contributed by atoms with Crippen molar-refractivity contribution in [1.82, 2.24) is 4.98 Å². The van der Waals surface area contributed by atoms with E-state index in [1.807, 2.05) is 49.2 Å². The van der Waals surface area contributed by atoms with Crippen molar-refractivity contribution in [2.24, 2.45) is 0 Å². The topological polar surface area (TPSA) is 45.2 Å². The molecular weight excluding hydrogens is 377 g/mol. The summed E-state index contributed by atoms with van der Waals surface area (Å²) in [6, 6.07) is 15.0. The maximum Gasteiger partial charge on any atom is 0.267 e. The molecule has 0 fully saturated rings. The summed E-state index contributed by atoms with van der Waals surface area (Å²) in [5.74, 6) is -0.258. The van der Waals surface area contributed by atoms with Crippen LogP contribution in [0, 0.1) is 6.92 Å². The third kappa shape index (κ3) is 3.79. The molecule has 1 N–H and O–H groups in total. The zero-order valence-electron chi connectivity index (χ0n) is 13.6. The Balaban J connectivity index is 1.85. The Hall–Kier alpha value is -2.08. The van der Waals surface area contributed by atoms with E-state index in [2.05, 4.69) is 10.3 Å². The number of nitrogens with zero attached hydrogens (tertiary/aromatic N) is 2. The Morgan fingerprint density at radius 1 is 1.12 bits per heavy atom. The molecule has 128 valence electrons. The first-order valence-corrected chi connectivity index (χ1v) is 9.06. The number of aromatic nitrogens is 1. The lowest BCUT2D eigenvalue weighted by Gasteiger charge is -2.15. The van der Waals surface area contributed by atoms with Gasteiger partial charge < -0.3 is 10.2 Å². The van der Waals surface area contributed by atoms with E-state index in [0.717, 1.165) is 10.8 Å². The zero-order valence-corrected chi connectivity index (χ0v) is 15.9. The van der Waals surface area contributed by atoms with Gasteiger partial charge in [-0.15, -0.1) is 0 Å². The van der Waals surface area contributed by atoms with E-state index in [1.165, 1.54) is 11.3 Å². The van der Waals surface area contributed by atoms with Gasteiger partial charge in [0.25, 0.3) is 5.91 Å². The summed E-state index contributed by atoms with van der Waals surface area (Å²) in [4.78, 5) is 19.6. The summed E-state index contributed by atoms with van der Waals surface area (Å²) >= 11 is 13.4. The van der Waals surface area contributed by atoms with E-state index in [0.29, 0.717) is 26.3 Å². The molecule has 0 saturated carbocycles. The predicted molar refractivity (Wildman–Crippen MR) is 106 cm³/mol. The summed E-state index contributed by atoms with van der Waals surface area (Å²) in [7, 11) is 1.92. The zero-order chi connectivity index (χ0) is 18.0. The standard InChI is InChI=1S/C18H15Cl2N3OS/c1-11-16(17(24)22-14-10-6-9-13(19)15(14)20)25-18(21-11)23(2)12-7-4-3-5-8-12/h3-10H,1-2H3,(H,22,24). The van der Waals surface area contributed by atoms with Gasteiger partial charge in [0.15, 0.2) is 5.13 Å². The second-order valence-corrected chi connectivity index (χ2v) is 7.12. The average molecular weight is 392 g/mol. The van der Waals surface area contributed by atoms with Gasteiger partial charge in [-0.1, -0.05) is 58.8 Å². The summed E-state index contributed by atoms with van der Waals surface area (Å²) in [5, 5.41) is 4.25. The fourth-order valence-electron chi connectivity index (χ4n) is 2.28. The smallest absolute Gasteiger partial charge is 0.267 e. The van der Waals surface area contributed by atoms with Gasteiger partial charge in [0.05, 0.1) is 21.4 Å². The van der Waals surface area contributed by atoms with E-state index < -0.39 is 0 Å². The third-order valence-electron chi connectivity index (χ3n) is 3.62. The van der Waals surface area contributed by atoms with Crippen LogP contribution in [0.1, 0.15) is 15.4 Å². The molecule has 2 aromatic carbocycles. The van der Waals surface area contributed by atoms with Crippen LogP contribution in [-0.4, -0.2) is 17.9 Å². The molecule has 4 nitrogen and oxygen atoms in total. The summed E-state index contributed by atoms with van der Waals surface area (Å²) in [6.45, 7) is 1.81. The molecule has 3 aromatic rings. The number of thiazole rings is 1. The highest BCUT2D eigenvalue weighted by Crippen LogP contribution is 2.33. The van der Waals surface area contributed by atoms with Crippen molar-refractivity contribution in [2.75, 3.05) is 17.3 Å². The number of halogens is 2. The lowest BCUT2D eigenvalue weighted by molar-refractivity contribution is 0.103. The normalized spacial score (nSPS) is 10.6. The van der Waals surface area contributed by atoms with Crippen LogP contribution in [0.2, 0.25) is 10.0 Å². The molecule has 0 atom stereocenters. The van der Waals surface area contributed by atoms with Gasteiger partial charge in [0, 0.05) is 12.7 Å². The van der Waals surface area contributed by atoms with Crippen LogP contribution in [0.3, 0.4) is 0 Å². The monoisotopic (exact) mass is 391 g/mol. The highest BCUT2D eigenvalue weighted by atomic mass is 35.5. The number of carbonyl (C=O) groups is 1. The highest BCUT2D eigenvalue weighted by molar-refractivity contribution is 7.17. The predicted octanol–water partition coefficient (Wildman–Crippen LogP) is 5.78. The molecule has 0 radical (unpaired) electrons. The average Bonchev–Trinajstić information content (AvgIpc) is 3.01. The third-order valence-corrected chi connectivity index (χ3v) is 5.67. The molecule has 0 saturated heterocycles. The molecule has 1 heterocycles. The fourth-order valence-corrected chi connectivity index (χ4v) is 3.57. The number of rotatable bonds is 4. The molecule has 0 aliphatic heterocycles. The van der Waals surface area contributed by atoms with Crippen molar-refractivity contribution in [2.45, 2.75) is 6.92 Å². The summed E-state index contributed by atoms with van der Waals surface area (Å²) in [6.07, 6.45) is 0. The molecule has 0 aliphatic rings. The minimum absolute atomic E-state index is 0.258. The van der Waals surface area contributed by atoms with Crippen molar-refractivity contribution in [3.8, 4) is 0 Å². The SMILES string of the molecule is Cc1nc(N(C)c2ccccc2)sc1C(=O)Nc1cccc(Cl)c1Cl. The number of para-hydroxylation sites is 1. The molecule has 1 amide bonds. The second-order valence-electron chi connectivity index (χ2n) is 5.36. The van der Waals surface area contributed by atoms with E-state index >= 15 is 0 Å². The van der Waals surface area contributed by atoms with E-state index in [-0.39, 0.29) is 5.91 Å². The quantitative estimate of drug-likeness (QED) is 0.612. The first-order valence-electron chi connectivity index (χ1n) is 7.49. The first kappa shape index (κ1) is 17.7. The molecule has 0 unspecified atom stereocenters. The van der Waals surface area contributed by atoms with E-state index in [4.69, 9.17) is 23.2 Å². The minimum Gasteiger partial charge on any atom is -0.321 e. The molecule has 0 spiro atoms. The van der Waals surface area contributed by atoms with Crippen LogP contribution in [-0.2, 0) is 0 Å². The molecule has 1 aromatic heterocycles. The Morgan fingerprint density at radius 2 is 1.84 bits per heavy atom. The van der Waals surface area contributed by atoms with E-state index in [1.54, 1.807) is 18.2 Å². The van der Waals surface area contributed by atoms with Gasteiger partial charge in [-0.25, -0.2) is 4.98 Å². The van der Waals surface area contributed by atoms with Gasteiger partial charge in [0.1, 0.15) is 4.88 Å². The number of hydrogen-bond donors (Lipinski definition) is 1. The molecule has 25 heavy (non-hydrogen) atoms. The Labute approximate surface area is 160 Å². The molecular formula is C18H15Cl2N3OS. The summed E-state index contributed by atoms with van der Waals surface area (Å²) in [5.41, 5.74) is 2.14. The van der Waals surface area contributed by atoms with Crippen LogP contribution in [0.25, 0.3) is 0 Å². The number of aryl methyl sites for hydroxylation is 1. The second kappa shape index (κ2) is 7.44. The number of anilines is 3. The number of benzene rings is 2. The number of hydrogen-bond acceptors (Lipinski definition) is 4. The lowest BCUT2D eigenvalue weighted by atomic mass is 10.3. The van der Waals surface area contributed by atoms with Crippen LogP contribution >= 0.6 is 34.5 Å². The number of nitrogens with one attached hydrogen (secondary N) is 1. The van der Waals surface area contributed by atoms with E-state index in [9.17, 15) is 4.79 Å². The highest BCUT2D eigenvalue weighted by Gasteiger charge is 2.19. The van der Waals surface area contributed by atoms with Crippen LogP contribution in [0.15, 0.2) is 48.5 Å². The molecule has 0 aliphatic carbocycles. The minimum atomic E-state index is -0.258. The van der Waals surface area contributed by atoms with Gasteiger partial charge in [0.2, 0.25) is 0 Å². The number of carbonyl (C=O) groups excluding carboxylic acids is 1. The van der Waals surface area contributed by atoms with Crippen LogP contribution in [0.5, 0.6) is 0 Å². The Bertz CT molecular complexity index is 912. The van der Waals surface area contributed by atoms with Gasteiger partial charge in [-0.2, -0.15) is 0 Å². The van der Waals surface area contributed by atoms with Crippen molar-refractivity contribution in [3.63, 3.8) is 0 Å². The molecule has 3 rings (SSSR count). The van der Waals surface area contributed by atoms with Gasteiger partial charge in [-0.05, 0) is 31.2 Å².